The van der Waals surface area contributed by atoms with Gasteiger partial charge in [-0.1, -0.05) is 37.5 Å². The Balaban J connectivity index is 1.34. The van der Waals surface area contributed by atoms with Gasteiger partial charge in [-0.15, -0.1) is 0 Å². The van der Waals surface area contributed by atoms with Gasteiger partial charge in [-0.05, 0) is 30.5 Å². The van der Waals surface area contributed by atoms with Crippen LogP contribution in [0.15, 0.2) is 42.7 Å². The van der Waals surface area contributed by atoms with E-state index in [0.717, 1.165) is 36.9 Å². The zero-order valence-corrected chi connectivity index (χ0v) is 19.4. The molecule has 2 aromatic rings. The van der Waals surface area contributed by atoms with Crippen molar-refractivity contribution in [3.63, 3.8) is 0 Å². The van der Waals surface area contributed by atoms with Crippen LogP contribution in [0.1, 0.15) is 37.7 Å². The van der Waals surface area contributed by atoms with Crippen molar-refractivity contribution in [1.29, 1.82) is 0 Å². The predicted octanol–water partition coefficient (Wildman–Crippen LogP) is 2.59. The number of urea groups is 1. The molecular formula is C22H32N6O3S. The Morgan fingerprint density at radius 3 is 2.50 bits per heavy atom. The first kappa shape index (κ1) is 22.8. The molecule has 1 N–H and O–H groups in total. The number of aromatic nitrogens is 2. The van der Waals surface area contributed by atoms with Gasteiger partial charge < -0.3 is 10.2 Å². The third-order valence-electron chi connectivity index (χ3n) is 6.46. The van der Waals surface area contributed by atoms with E-state index in [-0.39, 0.29) is 12.1 Å². The van der Waals surface area contributed by atoms with Gasteiger partial charge in [0.2, 0.25) is 0 Å². The maximum atomic E-state index is 13.1. The lowest BCUT2D eigenvalue weighted by atomic mass is 9.96. The summed E-state index contributed by atoms with van der Waals surface area (Å²) in [6, 6.07) is 9.38. The smallest absolute Gasteiger partial charge is 0.321 e. The van der Waals surface area contributed by atoms with Crippen molar-refractivity contribution >= 4 is 21.9 Å². The molecule has 1 saturated carbocycles. The number of nitrogens with one attached hydrogen (secondary N) is 1. The van der Waals surface area contributed by atoms with Gasteiger partial charge in [-0.2, -0.15) is 22.1 Å². The summed E-state index contributed by atoms with van der Waals surface area (Å²) >= 11 is 0. The molecular weight excluding hydrogens is 428 g/mol. The molecule has 10 heteroatoms. The second kappa shape index (κ2) is 10.0. The summed E-state index contributed by atoms with van der Waals surface area (Å²) in [7, 11) is -1.81. The van der Waals surface area contributed by atoms with Crippen LogP contribution in [0.5, 0.6) is 0 Å². The number of amides is 2. The molecule has 1 aliphatic carbocycles. The van der Waals surface area contributed by atoms with Crippen LogP contribution in [0.2, 0.25) is 0 Å². The topological polar surface area (TPSA) is 90.8 Å². The number of carbonyl (C=O) groups is 1. The highest BCUT2D eigenvalue weighted by atomic mass is 32.2. The van der Waals surface area contributed by atoms with E-state index < -0.39 is 10.2 Å². The van der Waals surface area contributed by atoms with E-state index in [4.69, 9.17) is 0 Å². The quantitative estimate of drug-likeness (QED) is 0.717. The molecule has 2 aliphatic rings. The van der Waals surface area contributed by atoms with E-state index in [2.05, 4.69) is 10.4 Å². The molecule has 174 valence electrons. The normalized spacial score (nSPS) is 18.8. The van der Waals surface area contributed by atoms with E-state index in [9.17, 15) is 13.2 Å². The van der Waals surface area contributed by atoms with E-state index >= 15 is 0 Å². The first-order valence-corrected chi connectivity index (χ1v) is 12.7. The maximum absolute atomic E-state index is 13.1. The lowest BCUT2D eigenvalue weighted by Crippen LogP contribution is -2.55. The molecule has 1 aromatic carbocycles. The van der Waals surface area contributed by atoms with Crippen molar-refractivity contribution < 1.29 is 13.2 Å². The Morgan fingerprint density at radius 2 is 1.81 bits per heavy atom. The zero-order chi connectivity index (χ0) is 22.6. The number of para-hydroxylation sites is 1. The van der Waals surface area contributed by atoms with Gasteiger partial charge in [0.15, 0.2) is 0 Å². The third kappa shape index (κ3) is 5.13. The highest BCUT2D eigenvalue weighted by Crippen LogP contribution is 2.25. The number of nitrogens with zero attached hydrogens (tertiary/aromatic N) is 5. The highest BCUT2D eigenvalue weighted by molar-refractivity contribution is 7.86. The molecule has 1 aliphatic heterocycles. The third-order valence-corrected chi connectivity index (χ3v) is 8.50. The summed E-state index contributed by atoms with van der Waals surface area (Å²) in [5, 5.41) is 7.22. The average molecular weight is 461 g/mol. The molecule has 0 atom stereocenters. The largest absolute Gasteiger partial charge is 0.322 e. The number of benzene rings is 1. The maximum Gasteiger partial charge on any atom is 0.321 e. The Kier molecular flexibility index (Phi) is 7.12. The van der Waals surface area contributed by atoms with Crippen LogP contribution in [0, 0.1) is 0 Å². The van der Waals surface area contributed by atoms with Gasteiger partial charge in [-0.25, -0.2) is 4.79 Å². The summed E-state index contributed by atoms with van der Waals surface area (Å²) in [6.45, 7) is 1.91. The first-order valence-electron chi connectivity index (χ1n) is 11.3. The summed E-state index contributed by atoms with van der Waals surface area (Å²) in [5.74, 6) is 0. The number of anilines is 1. The fraction of sp³-hybridized carbons (Fsp3) is 0.545. The predicted molar refractivity (Wildman–Crippen MR) is 123 cm³/mol. The van der Waals surface area contributed by atoms with E-state index in [1.54, 1.807) is 27.1 Å². The average Bonchev–Trinajstić information content (AvgIpc) is 3.33. The standard InChI is InChI=1S/C22H32N6O3S/c1-25(20-9-3-2-4-10-20)32(30,31)28-16-14-26(15-17-28)22(29)24-21-11-6-5-8-19(21)18-27-13-7-12-23-27/h5-8,11-13,20H,2-4,9-10,14-18H2,1H3,(H,24,29). The van der Waals surface area contributed by atoms with Crippen LogP contribution < -0.4 is 5.32 Å². The molecule has 0 radical (unpaired) electrons. The van der Waals surface area contributed by atoms with Crippen LogP contribution in [0.25, 0.3) is 0 Å². The summed E-state index contributed by atoms with van der Waals surface area (Å²) in [5.41, 5.74) is 1.69. The second-order valence-electron chi connectivity index (χ2n) is 8.49. The Labute approximate surface area is 190 Å². The fourth-order valence-electron chi connectivity index (χ4n) is 4.48. The number of hydrogen-bond acceptors (Lipinski definition) is 4. The minimum absolute atomic E-state index is 0.0846. The fourth-order valence-corrected chi connectivity index (χ4v) is 6.06. The molecule has 0 spiro atoms. The number of carbonyl (C=O) groups excluding carboxylic acids is 1. The molecule has 9 nitrogen and oxygen atoms in total. The van der Waals surface area contributed by atoms with E-state index in [1.165, 1.54) is 10.7 Å². The number of hydrogen-bond donors (Lipinski definition) is 1. The highest BCUT2D eigenvalue weighted by Gasteiger charge is 2.35. The summed E-state index contributed by atoms with van der Waals surface area (Å²) in [4.78, 5) is 14.6. The van der Waals surface area contributed by atoms with Gasteiger partial charge in [0, 0.05) is 57.3 Å². The zero-order valence-electron chi connectivity index (χ0n) is 18.6. The molecule has 2 fully saturated rings. The molecule has 1 aromatic heterocycles. The van der Waals surface area contributed by atoms with Crippen LogP contribution in [-0.2, 0) is 16.8 Å². The summed E-state index contributed by atoms with van der Waals surface area (Å²) < 4.78 is 31.0. The molecule has 32 heavy (non-hydrogen) atoms. The van der Waals surface area contributed by atoms with Gasteiger partial charge in [0.1, 0.15) is 0 Å². The van der Waals surface area contributed by atoms with Crippen molar-refractivity contribution in [2.45, 2.75) is 44.7 Å². The number of rotatable bonds is 6. The Morgan fingerprint density at radius 1 is 1.09 bits per heavy atom. The van der Waals surface area contributed by atoms with E-state index in [1.807, 2.05) is 36.5 Å². The van der Waals surface area contributed by atoms with Gasteiger partial charge in [-0.3, -0.25) is 4.68 Å². The van der Waals surface area contributed by atoms with Crippen molar-refractivity contribution in [2.24, 2.45) is 0 Å². The van der Waals surface area contributed by atoms with Crippen LogP contribution in [-0.4, -0.2) is 77.0 Å². The van der Waals surface area contributed by atoms with Gasteiger partial charge in [0.05, 0.1) is 6.54 Å². The first-order chi connectivity index (χ1) is 15.4. The lowest BCUT2D eigenvalue weighted by Gasteiger charge is -2.38. The van der Waals surface area contributed by atoms with Crippen molar-refractivity contribution in [3.05, 3.63) is 48.3 Å². The second-order valence-corrected chi connectivity index (χ2v) is 10.5. The van der Waals surface area contributed by atoms with Crippen LogP contribution in [0.4, 0.5) is 10.5 Å². The molecule has 0 unspecified atom stereocenters. The minimum atomic E-state index is -3.51. The lowest BCUT2D eigenvalue weighted by molar-refractivity contribution is 0.178. The van der Waals surface area contributed by atoms with Gasteiger partial charge in [0.25, 0.3) is 10.2 Å². The van der Waals surface area contributed by atoms with E-state index in [0.29, 0.717) is 32.7 Å². The van der Waals surface area contributed by atoms with Crippen LogP contribution in [0.3, 0.4) is 0 Å². The Bertz CT molecular complexity index is 996. The molecule has 2 heterocycles. The van der Waals surface area contributed by atoms with Gasteiger partial charge >= 0.3 is 6.03 Å². The van der Waals surface area contributed by atoms with Crippen molar-refractivity contribution in [2.75, 3.05) is 38.5 Å². The SMILES string of the molecule is CN(C1CCCCC1)S(=O)(=O)N1CCN(C(=O)Nc2ccccc2Cn2cccn2)CC1. The molecule has 1 saturated heterocycles. The van der Waals surface area contributed by atoms with Crippen molar-refractivity contribution in [3.8, 4) is 0 Å². The minimum Gasteiger partial charge on any atom is -0.322 e. The van der Waals surface area contributed by atoms with Crippen LogP contribution >= 0.6 is 0 Å². The van der Waals surface area contributed by atoms with Crippen molar-refractivity contribution in [1.82, 2.24) is 23.3 Å². The Hall–Kier alpha value is -2.43. The molecule has 2 amide bonds. The summed E-state index contributed by atoms with van der Waals surface area (Å²) in [6.07, 6.45) is 8.80. The molecule has 4 rings (SSSR count). The molecule has 0 bridgehead atoms. The monoisotopic (exact) mass is 460 g/mol. The number of piperazine rings is 1.